The number of rotatable bonds is 5. The highest BCUT2D eigenvalue weighted by atomic mass is 79.9. The van der Waals surface area contributed by atoms with Gasteiger partial charge in [0.05, 0.1) is 6.54 Å². The van der Waals surface area contributed by atoms with Crippen LogP contribution in [0, 0.1) is 5.41 Å². The molecule has 1 aromatic rings. The lowest BCUT2D eigenvalue weighted by atomic mass is 9.83. The van der Waals surface area contributed by atoms with E-state index in [9.17, 15) is 0 Å². The predicted molar refractivity (Wildman–Crippen MR) is 69.3 cm³/mol. The molecule has 0 unspecified atom stereocenters. The topological polar surface area (TPSA) is 25.2 Å². The summed E-state index contributed by atoms with van der Waals surface area (Å²) in [4.78, 5) is 0. The van der Waals surface area contributed by atoms with Crippen molar-refractivity contribution in [1.29, 1.82) is 0 Å². The highest BCUT2D eigenvalue weighted by Gasteiger charge is 2.31. The van der Waals surface area contributed by atoms with Gasteiger partial charge in [0, 0.05) is 6.54 Å². The molecular weight excluding hydrogens is 266 g/mol. The summed E-state index contributed by atoms with van der Waals surface area (Å²) >= 11 is 3.32. The Bertz CT molecular complexity index is 328. The third-order valence-corrected chi connectivity index (χ3v) is 4.27. The number of furan rings is 1. The first-order valence-electron chi connectivity index (χ1n) is 6.19. The predicted octanol–water partition coefficient (Wildman–Crippen LogP) is 4.10. The minimum atomic E-state index is 0.559. The van der Waals surface area contributed by atoms with E-state index in [0.717, 1.165) is 23.5 Å². The average Bonchev–Trinajstić information content (AvgIpc) is 2.89. The molecule has 0 atom stereocenters. The number of hydrogen-bond donors (Lipinski definition) is 1. The second-order valence-corrected chi connectivity index (χ2v) is 5.65. The van der Waals surface area contributed by atoms with Crippen molar-refractivity contribution in [2.45, 2.75) is 45.6 Å². The molecule has 0 saturated heterocycles. The molecule has 1 aromatic heterocycles. The smallest absolute Gasteiger partial charge is 0.169 e. The van der Waals surface area contributed by atoms with Crippen LogP contribution in [0.25, 0.3) is 0 Å². The van der Waals surface area contributed by atoms with E-state index in [-0.39, 0.29) is 0 Å². The summed E-state index contributed by atoms with van der Waals surface area (Å²) in [6, 6.07) is 3.96. The van der Waals surface area contributed by atoms with Crippen LogP contribution in [0.15, 0.2) is 21.2 Å². The SMILES string of the molecule is CCC1(CNCc2ccc(Br)o2)CCCC1. The van der Waals surface area contributed by atoms with Crippen LogP contribution in [0.4, 0.5) is 0 Å². The molecule has 0 aromatic carbocycles. The van der Waals surface area contributed by atoms with Gasteiger partial charge in [0.15, 0.2) is 4.67 Å². The van der Waals surface area contributed by atoms with Crippen LogP contribution in [0.5, 0.6) is 0 Å². The fourth-order valence-electron chi connectivity index (χ4n) is 2.68. The lowest BCUT2D eigenvalue weighted by Crippen LogP contribution is -2.31. The van der Waals surface area contributed by atoms with Gasteiger partial charge in [-0.1, -0.05) is 19.8 Å². The average molecular weight is 286 g/mol. The Morgan fingerprint density at radius 2 is 2.12 bits per heavy atom. The maximum absolute atomic E-state index is 5.47. The highest BCUT2D eigenvalue weighted by Crippen LogP contribution is 2.40. The number of hydrogen-bond acceptors (Lipinski definition) is 2. The van der Waals surface area contributed by atoms with Gasteiger partial charge in [0.25, 0.3) is 0 Å². The van der Waals surface area contributed by atoms with Crippen molar-refractivity contribution < 1.29 is 4.42 Å². The first-order valence-corrected chi connectivity index (χ1v) is 6.98. The summed E-state index contributed by atoms with van der Waals surface area (Å²) in [7, 11) is 0. The van der Waals surface area contributed by atoms with Crippen LogP contribution in [0.1, 0.15) is 44.8 Å². The number of nitrogens with one attached hydrogen (secondary N) is 1. The molecule has 0 bridgehead atoms. The summed E-state index contributed by atoms with van der Waals surface area (Å²) in [5.74, 6) is 1.01. The third-order valence-electron chi connectivity index (χ3n) is 3.84. The first kappa shape index (κ1) is 12.2. The molecule has 90 valence electrons. The molecule has 1 fully saturated rings. The Morgan fingerprint density at radius 1 is 1.38 bits per heavy atom. The standard InChI is InChI=1S/C13H20BrNO/c1-2-13(7-3-4-8-13)10-15-9-11-5-6-12(14)16-11/h5-6,15H,2-4,7-10H2,1H3. The zero-order valence-corrected chi connectivity index (χ0v) is 11.5. The van der Waals surface area contributed by atoms with Crippen molar-refractivity contribution in [2.24, 2.45) is 5.41 Å². The van der Waals surface area contributed by atoms with E-state index in [2.05, 4.69) is 28.2 Å². The van der Waals surface area contributed by atoms with Crippen LogP contribution < -0.4 is 5.32 Å². The van der Waals surface area contributed by atoms with Crippen molar-refractivity contribution in [3.8, 4) is 0 Å². The van der Waals surface area contributed by atoms with Crippen LogP contribution in [-0.2, 0) is 6.54 Å². The van der Waals surface area contributed by atoms with Crippen molar-refractivity contribution >= 4 is 15.9 Å². The Morgan fingerprint density at radius 3 is 2.69 bits per heavy atom. The largest absolute Gasteiger partial charge is 0.453 e. The summed E-state index contributed by atoms with van der Waals surface area (Å²) in [6.45, 7) is 4.28. The normalized spacial score (nSPS) is 19.1. The second kappa shape index (κ2) is 5.37. The van der Waals surface area contributed by atoms with Gasteiger partial charge in [0.1, 0.15) is 5.76 Å². The molecule has 1 aliphatic carbocycles. The van der Waals surface area contributed by atoms with Crippen molar-refractivity contribution in [3.63, 3.8) is 0 Å². The van der Waals surface area contributed by atoms with Gasteiger partial charge < -0.3 is 9.73 Å². The van der Waals surface area contributed by atoms with E-state index >= 15 is 0 Å². The summed E-state index contributed by atoms with van der Waals surface area (Å²) in [5, 5.41) is 3.53. The van der Waals surface area contributed by atoms with Gasteiger partial charge in [-0.15, -0.1) is 0 Å². The molecule has 1 aliphatic rings. The zero-order chi connectivity index (χ0) is 11.4. The van der Waals surface area contributed by atoms with E-state index in [4.69, 9.17) is 4.42 Å². The quantitative estimate of drug-likeness (QED) is 0.881. The Hall–Kier alpha value is -0.280. The molecule has 16 heavy (non-hydrogen) atoms. The minimum absolute atomic E-state index is 0.559. The summed E-state index contributed by atoms with van der Waals surface area (Å²) in [5.41, 5.74) is 0.559. The molecule has 2 rings (SSSR count). The molecule has 0 amide bonds. The maximum Gasteiger partial charge on any atom is 0.169 e. The molecular formula is C13H20BrNO. The molecule has 0 spiro atoms. The van der Waals surface area contributed by atoms with Gasteiger partial charge in [-0.05, 0) is 52.7 Å². The van der Waals surface area contributed by atoms with Gasteiger partial charge in [0.2, 0.25) is 0 Å². The molecule has 2 nitrogen and oxygen atoms in total. The fourth-order valence-corrected chi connectivity index (χ4v) is 3.02. The van der Waals surface area contributed by atoms with Crippen molar-refractivity contribution in [3.05, 3.63) is 22.6 Å². The molecule has 0 radical (unpaired) electrons. The van der Waals surface area contributed by atoms with Crippen LogP contribution in [0.3, 0.4) is 0 Å². The van der Waals surface area contributed by atoms with Crippen LogP contribution in [-0.4, -0.2) is 6.54 Å². The van der Waals surface area contributed by atoms with Crippen molar-refractivity contribution in [2.75, 3.05) is 6.54 Å². The minimum Gasteiger partial charge on any atom is -0.453 e. The monoisotopic (exact) mass is 285 g/mol. The molecule has 1 heterocycles. The van der Waals surface area contributed by atoms with Gasteiger partial charge >= 0.3 is 0 Å². The first-order chi connectivity index (χ1) is 7.74. The zero-order valence-electron chi connectivity index (χ0n) is 9.89. The van der Waals surface area contributed by atoms with Crippen molar-refractivity contribution in [1.82, 2.24) is 5.32 Å². The van der Waals surface area contributed by atoms with Crippen LogP contribution >= 0.6 is 15.9 Å². The van der Waals surface area contributed by atoms with E-state index in [1.165, 1.54) is 32.1 Å². The lowest BCUT2D eigenvalue weighted by Gasteiger charge is -2.27. The second-order valence-electron chi connectivity index (χ2n) is 4.87. The van der Waals surface area contributed by atoms with Crippen LogP contribution in [0.2, 0.25) is 0 Å². The molecule has 1 saturated carbocycles. The summed E-state index contributed by atoms with van der Waals surface area (Å²) in [6.07, 6.45) is 6.88. The molecule has 1 N–H and O–H groups in total. The van der Waals surface area contributed by atoms with E-state index in [1.807, 2.05) is 12.1 Å². The molecule has 0 aliphatic heterocycles. The Kier molecular flexibility index (Phi) is 4.09. The lowest BCUT2D eigenvalue weighted by molar-refractivity contribution is 0.264. The van der Waals surface area contributed by atoms with Gasteiger partial charge in [-0.3, -0.25) is 0 Å². The molecule has 3 heteroatoms. The Labute approximate surface area is 106 Å². The number of halogens is 1. The van der Waals surface area contributed by atoms with Gasteiger partial charge in [-0.25, -0.2) is 0 Å². The van der Waals surface area contributed by atoms with E-state index < -0.39 is 0 Å². The van der Waals surface area contributed by atoms with Gasteiger partial charge in [-0.2, -0.15) is 0 Å². The van der Waals surface area contributed by atoms with E-state index in [1.54, 1.807) is 0 Å². The fraction of sp³-hybridized carbons (Fsp3) is 0.692. The highest BCUT2D eigenvalue weighted by molar-refractivity contribution is 9.10. The Balaban J connectivity index is 1.78. The third kappa shape index (κ3) is 2.89. The summed E-state index contributed by atoms with van der Waals surface area (Å²) < 4.78 is 6.28. The van der Waals surface area contributed by atoms with E-state index in [0.29, 0.717) is 5.41 Å². The maximum atomic E-state index is 5.47.